The van der Waals surface area contributed by atoms with Gasteiger partial charge in [0.05, 0.1) is 10.4 Å². The van der Waals surface area contributed by atoms with Crippen molar-refractivity contribution in [1.29, 1.82) is 0 Å². The first-order chi connectivity index (χ1) is 15.9. The summed E-state index contributed by atoms with van der Waals surface area (Å²) >= 11 is 0. The second-order valence-corrected chi connectivity index (χ2v) is 8.77. The summed E-state index contributed by atoms with van der Waals surface area (Å²) in [5.41, 5.74) is 1.79. The lowest BCUT2D eigenvalue weighted by atomic mass is 10.3. The monoisotopic (exact) mass is 463 g/mol. The molecule has 3 heterocycles. The normalized spacial score (nSPS) is 11.5. The molecule has 0 saturated heterocycles. The predicted octanol–water partition coefficient (Wildman–Crippen LogP) is 2.65. The SMILES string of the molecule is Cn1c(=O)oc2ccc(S(=O)(=O)Nc3ccc(Nc4ccc(-n5cccn5)nn4)cc3)cc21. The second kappa shape index (κ2) is 7.91. The number of aryl methyl sites for hydroxylation is 1. The molecule has 0 radical (unpaired) electrons. The summed E-state index contributed by atoms with van der Waals surface area (Å²) in [7, 11) is -2.36. The summed E-state index contributed by atoms with van der Waals surface area (Å²) in [5, 5.41) is 15.4. The van der Waals surface area contributed by atoms with Crippen LogP contribution in [0.5, 0.6) is 0 Å². The molecular weight excluding hydrogens is 446 g/mol. The van der Waals surface area contributed by atoms with Gasteiger partial charge >= 0.3 is 5.76 Å². The van der Waals surface area contributed by atoms with Gasteiger partial charge in [-0.1, -0.05) is 0 Å². The van der Waals surface area contributed by atoms with Crippen LogP contribution in [0.25, 0.3) is 16.9 Å². The van der Waals surface area contributed by atoms with Gasteiger partial charge in [0.1, 0.15) is 0 Å². The van der Waals surface area contributed by atoms with Crippen molar-refractivity contribution in [3.63, 3.8) is 0 Å². The summed E-state index contributed by atoms with van der Waals surface area (Å²) in [5.74, 6) is 0.554. The molecule has 0 aliphatic rings. The number of rotatable bonds is 6. The van der Waals surface area contributed by atoms with Crippen molar-refractivity contribution in [3.8, 4) is 5.82 Å². The zero-order valence-corrected chi connectivity index (χ0v) is 18.0. The van der Waals surface area contributed by atoms with Crippen LogP contribution in [-0.4, -0.2) is 33.0 Å². The van der Waals surface area contributed by atoms with Crippen molar-refractivity contribution < 1.29 is 12.8 Å². The summed E-state index contributed by atoms with van der Waals surface area (Å²) in [6.45, 7) is 0. The number of nitrogens with one attached hydrogen (secondary N) is 2. The number of fused-ring (bicyclic) bond motifs is 1. The average Bonchev–Trinajstić information content (AvgIpc) is 3.44. The number of oxazole rings is 1. The van der Waals surface area contributed by atoms with E-state index in [1.54, 1.807) is 59.5 Å². The van der Waals surface area contributed by atoms with Crippen LogP contribution in [0, 0.1) is 0 Å². The fraction of sp³-hybridized carbons (Fsp3) is 0.0476. The smallest absolute Gasteiger partial charge is 0.408 e. The lowest BCUT2D eigenvalue weighted by molar-refractivity contribution is 0.528. The highest BCUT2D eigenvalue weighted by Crippen LogP contribution is 2.23. The Kier molecular flexibility index (Phi) is 4.90. The maximum absolute atomic E-state index is 12.8. The first-order valence-electron chi connectivity index (χ1n) is 9.72. The number of benzene rings is 2. The Bertz CT molecular complexity index is 1590. The Morgan fingerprint density at radius 3 is 2.45 bits per heavy atom. The molecule has 5 aromatic rings. The molecule has 11 nitrogen and oxygen atoms in total. The molecule has 33 heavy (non-hydrogen) atoms. The molecule has 0 aliphatic heterocycles. The van der Waals surface area contributed by atoms with Gasteiger partial charge in [0.15, 0.2) is 17.2 Å². The largest absolute Gasteiger partial charge is 0.419 e. The predicted molar refractivity (Wildman–Crippen MR) is 121 cm³/mol. The molecule has 5 rings (SSSR count). The molecule has 12 heteroatoms. The Morgan fingerprint density at radius 2 is 1.76 bits per heavy atom. The molecule has 0 fully saturated rings. The van der Waals surface area contributed by atoms with Gasteiger partial charge in [0.25, 0.3) is 10.0 Å². The van der Waals surface area contributed by atoms with Crippen LogP contribution >= 0.6 is 0 Å². The topological polar surface area (TPSA) is 137 Å². The Labute approximate surface area is 187 Å². The molecule has 0 spiro atoms. The Balaban J connectivity index is 1.30. The van der Waals surface area contributed by atoms with Gasteiger partial charge in [0, 0.05) is 30.8 Å². The average molecular weight is 463 g/mol. The Morgan fingerprint density at radius 1 is 0.970 bits per heavy atom. The molecule has 0 saturated carbocycles. The molecule has 0 bridgehead atoms. The third-order valence-electron chi connectivity index (χ3n) is 4.87. The lowest BCUT2D eigenvalue weighted by Gasteiger charge is -2.10. The highest BCUT2D eigenvalue weighted by Gasteiger charge is 2.17. The maximum Gasteiger partial charge on any atom is 0.419 e. The van der Waals surface area contributed by atoms with E-state index in [1.807, 2.05) is 0 Å². The fourth-order valence-electron chi connectivity index (χ4n) is 3.18. The van der Waals surface area contributed by atoms with E-state index in [9.17, 15) is 13.2 Å². The van der Waals surface area contributed by atoms with Crippen molar-refractivity contribution >= 4 is 38.3 Å². The van der Waals surface area contributed by atoms with Gasteiger partial charge in [-0.25, -0.2) is 17.9 Å². The third-order valence-corrected chi connectivity index (χ3v) is 6.25. The van der Waals surface area contributed by atoms with E-state index in [2.05, 4.69) is 25.3 Å². The van der Waals surface area contributed by atoms with Crippen molar-refractivity contribution in [3.05, 3.63) is 83.6 Å². The van der Waals surface area contributed by atoms with Crippen LogP contribution in [0.4, 0.5) is 17.2 Å². The van der Waals surface area contributed by atoms with Crippen LogP contribution in [-0.2, 0) is 17.1 Å². The van der Waals surface area contributed by atoms with Crippen molar-refractivity contribution in [2.45, 2.75) is 4.90 Å². The van der Waals surface area contributed by atoms with Crippen molar-refractivity contribution in [1.82, 2.24) is 24.5 Å². The minimum Gasteiger partial charge on any atom is -0.408 e. The number of nitrogens with zero attached hydrogens (tertiary/aromatic N) is 5. The zero-order chi connectivity index (χ0) is 23.0. The maximum atomic E-state index is 12.8. The van der Waals surface area contributed by atoms with Gasteiger partial charge in [-0.05, 0) is 60.7 Å². The van der Waals surface area contributed by atoms with Crippen LogP contribution in [0.1, 0.15) is 0 Å². The summed E-state index contributed by atoms with van der Waals surface area (Å²) < 4.78 is 36.0. The van der Waals surface area contributed by atoms with E-state index < -0.39 is 15.8 Å². The molecule has 0 amide bonds. The molecule has 0 unspecified atom stereocenters. The highest BCUT2D eigenvalue weighted by atomic mass is 32.2. The first-order valence-corrected chi connectivity index (χ1v) is 11.2. The molecule has 2 aromatic carbocycles. The van der Waals surface area contributed by atoms with Crippen LogP contribution in [0.2, 0.25) is 0 Å². The van der Waals surface area contributed by atoms with E-state index in [0.29, 0.717) is 34.1 Å². The second-order valence-electron chi connectivity index (χ2n) is 7.09. The fourth-order valence-corrected chi connectivity index (χ4v) is 4.25. The van der Waals surface area contributed by atoms with Gasteiger partial charge in [-0.15, -0.1) is 10.2 Å². The number of sulfonamides is 1. The lowest BCUT2D eigenvalue weighted by Crippen LogP contribution is -2.13. The van der Waals surface area contributed by atoms with Crippen LogP contribution in [0.15, 0.2) is 87.2 Å². The molecular formula is C21H17N7O4S. The number of hydrogen-bond donors (Lipinski definition) is 2. The minimum absolute atomic E-state index is 0.0150. The highest BCUT2D eigenvalue weighted by molar-refractivity contribution is 7.92. The van der Waals surface area contributed by atoms with E-state index in [0.717, 1.165) is 0 Å². The molecule has 166 valence electrons. The summed E-state index contributed by atoms with van der Waals surface area (Å²) in [4.78, 5) is 11.7. The minimum atomic E-state index is -3.87. The molecule has 3 aromatic heterocycles. The van der Waals surface area contributed by atoms with Crippen molar-refractivity contribution in [2.75, 3.05) is 10.0 Å². The standard InChI is InChI=1S/C21H17N7O4S/c1-27-17-13-16(7-8-18(17)32-21(27)29)33(30,31)26-15-5-3-14(4-6-15)23-19-9-10-20(25-24-19)28-12-2-11-22-28/h2-13,26H,1H3,(H,23,24). The zero-order valence-electron chi connectivity index (χ0n) is 17.2. The number of hydrogen-bond acceptors (Lipinski definition) is 8. The van der Waals surface area contributed by atoms with Gasteiger partial charge < -0.3 is 9.73 Å². The molecule has 2 N–H and O–H groups in total. The Hall–Kier alpha value is -4.45. The first kappa shape index (κ1) is 20.5. The quantitative estimate of drug-likeness (QED) is 0.392. The third kappa shape index (κ3) is 4.06. The van der Waals surface area contributed by atoms with Gasteiger partial charge in [-0.2, -0.15) is 5.10 Å². The van der Waals surface area contributed by atoms with Gasteiger partial charge in [-0.3, -0.25) is 9.29 Å². The van der Waals surface area contributed by atoms with E-state index in [1.165, 1.54) is 29.8 Å². The summed E-state index contributed by atoms with van der Waals surface area (Å²) in [6, 6.07) is 16.2. The van der Waals surface area contributed by atoms with E-state index in [-0.39, 0.29) is 4.90 Å². The van der Waals surface area contributed by atoms with E-state index in [4.69, 9.17) is 4.42 Å². The molecule has 0 atom stereocenters. The number of anilines is 3. The summed E-state index contributed by atoms with van der Waals surface area (Å²) in [6.07, 6.45) is 3.42. The van der Waals surface area contributed by atoms with Gasteiger partial charge in [0.2, 0.25) is 0 Å². The van der Waals surface area contributed by atoms with Crippen LogP contribution in [0.3, 0.4) is 0 Å². The number of aromatic nitrogens is 5. The van der Waals surface area contributed by atoms with Crippen molar-refractivity contribution in [2.24, 2.45) is 7.05 Å². The van der Waals surface area contributed by atoms with E-state index >= 15 is 0 Å². The van der Waals surface area contributed by atoms with Crippen LogP contribution < -0.4 is 15.8 Å². The molecule has 0 aliphatic carbocycles.